The van der Waals surface area contributed by atoms with E-state index in [1.165, 1.54) is 0 Å². The molecular formula is C9H8Cl2O. The minimum atomic E-state index is -0.165. The molecule has 1 aromatic carbocycles. The number of benzene rings is 1. The van der Waals surface area contributed by atoms with Gasteiger partial charge in [0.15, 0.2) is 0 Å². The summed E-state index contributed by atoms with van der Waals surface area (Å²) in [7, 11) is 0. The van der Waals surface area contributed by atoms with Crippen LogP contribution in [-0.4, -0.2) is 6.61 Å². The smallest absolute Gasteiger partial charge is 0.115 e. The SMILES string of the molecule is C[C@@]1(c2ccc(Cl)cc2Cl)CO1. The molecule has 0 saturated carbocycles. The number of epoxide rings is 1. The van der Waals surface area contributed by atoms with E-state index in [2.05, 4.69) is 0 Å². The molecule has 1 aliphatic heterocycles. The fourth-order valence-electron chi connectivity index (χ4n) is 1.18. The Morgan fingerprint density at radius 3 is 2.58 bits per heavy atom. The van der Waals surface area contributed by atoms with E-state index in [-0.39, 0.29) is 5.60 Å². The molecule has 1 saturated heterocycles. The first-order valence-corrected chi connectivity index (χ1v) is 4.47. The number of rotatable bonds is 1. The second-order valence-corrected chi connectivity index (χ2v) is 3.99. The second-order valence-electron chi connectivity index (χ2n) is 3.14. The first-order valence-electron chi connectivity index (χ1n) is 3.71. The maximum Gasteiger partial charge on any atom is 0.115 e. The van der Waals surface area contributed by atoms with Crippen molar-refractivity contribution in [1.82, 2.24) is 0 Å². The van der Waals surface area contributed by atoms with Crippen molar-refractivity contribution in [3.63, 3.8) is 0 Å². The molecule has 0 radical (unpaired) electrons. The molecule has 64 valence electrons. The third kappa shape index (κ3) is 1.33. The van der Waals surface area contributed by atoms with Gasteiger partial charge < -0.3 is 4.74 Å². The van der Waals surface area contributed by atoms with Crippen molar-refractivity contribution in [3.05, 3.63) is 33.8 Å². The lowest BCUT2D eigenvalue weighted by atomic mass is 10.0. The van der Waals surface area contributed by atoms with E-state index in [0.29, 0.717) is 10.0 Å². The maximum atomic E-state index is 5.99. The van der Waals surface area contributed by atoms with Crippen molar-refractivity contribution < 1.29 is 4.74 Å². The normalized spacial score (nSPS) is 27.2. The van der Waals surface area contributed by atoms with E-state index in [9.17, 15) is 0 Å². The highest BCUT2D eigenvalue weighted by Gasteiger charge is 2.42. The molecule has 0 bridgehead atoms. The van der Waals surface area contributed by atoms with Gasteiger partial charge in [0.25, 0.3) is 0 Å². The van der Waals surface area contributed by atoms with Crippen molar-refractivity contribution in [2.24, 2.45) is 0 Å². The van der Waals surface area contributed by atoms with E-state index in [0.717, 1.165) is 12.2 Å². The van der Waals surface area contributed by atoms with Crippen molar-refractivity contribution in [2.75, 3.05) is 6.61 Å². The Labute approximate surface area is 81.2 Å². The molecule has 3 heteroatoms. The molecule has 0 spiro atoms. The zero-order valence-electron chi connectivity index (χ0n) is 6.60. The zero-order chi connectivity index (χ0) is 8.77. The molecule has 2 rings (SSSR count). The largest absolute Gasteiger partial charge is 0.365 e. The molecule has 1 aliphatic rings. The highest BCUT2D eigenvalue weighted by molar-refractivity contribution is 6.35. The van der Waals surface area contributed by atoms with Crippen molar-refractivity contribution in [3.8, 4) is 0 Å². The van der Waals surface area contributed by atoms with Gasteiger partial charge in [-0.05, 0) is 19.1 Å². The van der Waals surface area contributed by atoms with Gasteiger partial charge in [0, 0.05) is 15.6 Å². The summed E-state index contributed by atoms with van der Waals surface area (Å²) in [6, 6.07) is 5.48. The average molecular weight is 203 g/mol. The maximum absolute atomic E-state index is 5.99. The Bertz CT molecular complexity index is 318. The molecule has 0 aliphatic carbocycles. The first-order chi connectivity index (χ1) is 5.62. The van der Waals surface area contributed by atoms with E-state index in [1.807, 2.05) is 19.1 Å². The van der Waals surface area contributed by atoms with E-state index >= 15 is 0 Å². The van der Waals surface area contributed by atoms with Gasteiger partial charge in [0.1, 0.15) is 5.60 Å². The van der Waals surface area contributed by atoms with Crippen LogP contribution in [0.5, 0.6) is 0 Å². The fraction of sp³-hybridized carbons (Fsp3) is 0.333. The van der Waals surface area contributed by atoms with Crippen LogP contribution in [0, 0.1) is 0 Å². The molecule has 12 heavy (non-hydrogen) atoms. The predicted molar refractivity (Wildman–Crippen MR) is 49.8 cm³/mol. The van der Waals surface area contributed by atoms with Crippen molar-refractivity contribution >= 4 is 23.2 Å². The number of hydrogen-bond acceptors (Lipinski definition) is 1. The lowest BCUT2D eigenvalue weighted by Crippen LogP contribution is -2.02. The van der Waals surface area contributed by atoms with Crippen LogP contribution in [0.1, 0.15) is 12.5 Å². The monoisotopic (exact) mass is 202 g/mol. The molecule has 1 nitrogen and oxygen atoms in total. The predicted octanol–water partition coefficient (Wildman–Crippen LogP) is 3.24. The summed E-state index contributed by atoms with van der Waals surface area (Å²) in [4.78, 5) is 0. The lowest BCUT2D eigenvalue weighted by molar-refractivity contribution is 0.329. The second kappa shape index (κ2) is 2.63. The Balaban J connectivity index is 2.45. The molecule has 1 fully saturated rings. The van der Waals surface area contributed by atoms with Crippen LogP contribution in [0.15, 0.2) is 18.2 Å². The van der Waals surface area contributed by atoms with Crippen molar-refractivity contribution in [2.45, 2.75) is 12.5 Å². The van der Waals surface area contributed by atoms with Crippen LogP contribution in [0.25, 0.3) is 0 Å². The molecule has 0 unspecified atom stereocenters. The standard InChI is InChI=1S/C9H8Cl2O/c1-9(5-12-9)7-3-2-6(10)4-8(7)11/h2-4H,5H2,1H3/t9-/m0/s1. The summed E-state index contributed by atoms with van der Waals surface area (Å²) < 4.78 is 5.28. The summed E-state index contributed by atoms with van der Waals surface area (Å²) in [6.45, 7) is 2.76. The quantitative estimate of drug-likeness (QED) is 0.638. The van der Waals surface area contributed by atoms with Gasteiger partial charge in [-0.25, -0.2) is 0 Å². The van der Waals surface area contributed by atoms with Gasteiger partial charge in [-0.15, -0.1) is 0 Å². The fourth-order valence-corrected chi connectivity index (χ4v) is 1.79. The zero-order valence-corrected chi connectivity index (χ0v) is 8.12. The summed E-state index contributed by atoms with van der Waals surface area (Å²) in [5.74, 6) is 0. The van der Waals surface area contributed by atoms with Crippen molar-refractivity contribution in [1.29, 1.82) is 0 Å². The first kappa shape index (κ1) is 8.36. The Kier molecular flexibility index (Phi) is 1.83. The summed E-state index contributed by atoms with van der Waals surface area (Å²) >= 11 is 11.8. The Morgan fingerprint density at radius 1 is 1.42 bits per heavy atom. The average Bonchev–Trinajstić information content (AvgIpc) is 2.68. The van der Waals surface area contributed by atoms with E-state index < -0.39 is 0 Å². The topological polar surface area (TPSA) is 12.5 Å². The van der Waals surface area contributed by atoms with Gasteiger partial charge >= 0.3 is 0 Å². The summed E-state index contributed by atoms with van der Waals surface area (Å²) in [5, 5.41) is 1.34. The molecule has 0 aromatic heterocycles. The molecular weight excluding hydrogens is 195 g/mol. The van der Waals surface area contributed by atoms with Crippen LogP contribution in [0.4, 0.5) is 0 Å². The number of ether oxygens (including phenoxy) is 1. The van der Waals surface area contributed by atoms with E-state index in [4.69, 9.17) is 27.9 Å². The molecule has 0 amide bonds. The van der Waals surface area contributed by atoms with Crippen LogP contribution < -0.4 is 0 Å². The Morgan fingerprint density at radius 2 is 2.08 bits per heavy atom. The van der Waals surface area contributed by atoms with Gasteiger partial charge in [-0.3, -0.25) is 0 Å². The molecule has 0 N–H and O–H groups in total. The highest BCUT2D eigenvalue weighted by atomic mass is 35.5. The minimum Gasteiger partial charge on any atom is -0.365 e. The number of halogens is 2. The van der Waals surface area contributed by atoms with Gasteiger partial charge in [-0.1, -0.05) is 29.3 Å². The summed E-state index contributed by atoms with van der Waals surface area (Å²) in [6.07, 6.45) is 0. The minimum absolute atomic E-state index is 0.165. The van der Waals surface area contributed by atoms with Gasteiger partial charge in [0.2, 0.25) is 0 Å². The third-order valence-corrected chi connectivity index (χ3v) is 2.63. The van der Waals surface area contributed by atoms with Crippen LogP contribution in [-0.2, 0) is 10.3 Å². The van der Waals surface area contributed by atoms with Crippen LogP contribution >= 0.6 is 23.2 Å². The molecule has 1 heterocycles. The molecule has 1 aromatic rings. The highest BCUT2D eigenvalue weighted by Crippen LogP contribution is 2.41. The van der Waals surface area contributed by atoms with Crippen LogP contribution in [0.2, 0.25) is 10.0 Å². The number of hydrogen-bond donors (Lipinski definition) is 0. The van der Waals surface area contributed by atoms with Gasteiger partial charge in [0.05, 0.1) is 6.61 Å². The van der Waals surface area contributed by atoms with Gasteiger partial charge in [-0.2, -0.15) is 0 Å². The van der Waals surface area contributed by atoms with Crippen LogP contribution in [0.3, 0.4) is 0 Å². The Hall–Kier alpha value is -0.240. The van der Waals surface area contributed by atoms with E-state index in [1.54, 1.807) is 6.07 Å². The third-order valence-electron chi connectivity index (χ3n) is 2.08. The molecule has 1 atom stereocenters. The lowest BCUT2D eigenvalue weighted by Gasteiger charge is -2.07. The summed E-state index contributed by atoms with van der Waals surface area (Å²) in [5.41, 5.74) is 0.857.